The van der Waals surface area contributed by atoms with E-state index in [-0.39, 0.29) is 17.5 Å². The summed E-state index contributed by atoms with van der Waals surface area (Å²) in [7, 11) is 3.79. The highest BCUT2D eigenvalue weighted by Gasteiger charge is 2.48. The van der Waals surface area contributed by atoms with Crippen LogP contribution in [0, 0.1) is 0 Å². The second-order valence-corrected chi connectivity index (χ2v) is 7.98. The number of rotatable bonds is 2. The zero-order chi connectivity index (χ0) is 19.9. The van der Waals surface area contributed by atoms with Crippen LogP contribution in [0.5, 0.6) is 0 Å². The summed E-state index contributed by atoms with van der Waals surface area (Å²) in [5.74, 6) is 0.0465. The van der Waals surface area contributed by atoms with Crippen molar-refractivity contribution in [3.05, 3.63) is 41.7 Å². The molecule has 1 atom stereocenters. The van der Waals surface area contributed by atoms with Gasteiger partial charge in [-0.25, -0.2) is 4.79 Å². The maximum Gasteiger partial charge on any atom is 0.321 e. The third-order valence-corrected chi connectivity index (χ3v) is 5.91. The molecule has 2 aliphatic rings. The quantitative estimate of drug-likeness (QED) is 0.834. The first kappa shape index (κ1) is 18.8. The van der Waals surface area contributed by atoms with Gasteiger partial charge in [0.05, 0.1) is 24.0 Å². The van der Waals surface area contributed by atoms with Gasteiger partial charge < -0.3 is 15.1 Å². The monoisotopic (exact) mass is 402 g/mol. The van der Waals surface area contributed by atoms with Gasteiger partial charge in [0, 0.05) is 43.6 Å². The van der Waals surface area contributed by atoms with E-state index in [0.717, 1.165) is 12.1 Å². The second kappa shape index (κ2) is 7.10. The van der Waals surface area contributed by atoms with Gasteiger partial charge in [0.15, 0.2) is 0 Å². The summed E-state index contributed by atoms with van der Waals surface area (Å²) in [6.07, 6.45) is 4.36. The summed E-state index contributed by atoms with van der Waals surface area (Å²) < 4.78 is 1.69. The molecule has 1 N–H and O–H groups in total. The van der Waals surface area contributed by atoms with Crippen LogP contribution in [0.4, 0.5) is 16.2 Å². The highest BCUT2D eigenvalue weighted by Crippen LogP contribution is 2.33. The van der Waals surface area contributed by atoms with Crippen molar-refractivity contribution in [3.8, 4) is 0 Å². The highest BCUT2D eigenvalue weighted by molar-refractivity contribution is 6.30. The summed E-state index contributed by atoms with van der Waals surface area (Å²) in [6.45, 7) is 2.06. The number of hydrogen-bond donors (Lipinski definition) is 1. The molecule has 148 valence electrons. The summed E-state index contributed by atoms with van der Waals surface area (Å²) in [4.78, 5) is 31.0. The molecule has 2 aliphatic heterocycles. The van der Waals surface area contributed by atoms with E-state index < -0.39 is 0 Å². The van der Waals surface area contributed by atoms with Crippen LogP contribution in [0.1, 0.15) is 6.42 Å². The van der Waals surface area contributed by atoms with Crippen molar-refractivity contribution in [1.29, 1.82) is 0 Å². The molecule has 3 amide bonds. The van der Waals surface area contributed by atoms with Crippen LogP contribution in [-0.2, 0) is 11.8 Å². The Kier molecular flexibility index (Phi) is 4.76. The zero-order valence-corrected chi connectivity index (χ0v) is 16.7. The molecule has 4 rings (SSSR count). The molecule has 1 aromatic heterocycles. The van der Waals surface area contributed by atoms with Crippen LogP contribution in [0.25, 0.3) is 0 Å². The van der Waals surface area contributed by atoms with Crippen LogP contribution in [0.2, 0.25) is 5.02 Å². The van der Waals surface area contributed by atoms with Crippen LogP contribution in [0.3, 0.4) is 0 Å². The molecular formula is C19H23ClN6O2. The molecule has 0 bridgehead atoms. The van der Waals surface area contributed by atoms with E-state index in [1.807, 2.05) is 25.2 Å². The van der Waals surface area contributed by atoms with Gasteiger partial charge >= 0.3 is 6.03 Å². The van der Waals surface area contributed by atoms with Gasteiger partial charge in [0.25, 0.3) is 0 Å². The van der Waals surface area contributed by atoms with Crippen LogP contribution in [0.15, 0.2) is 36.7 Å². The molecule has 8 nitrogen and oxygen atoms in total. The van der Waals surface area contributed by atoms with Crippen molar-refractivity contribution in [3.63, 3.8) is 0 Å². The Balaban J connectivity index is 1.48. The lowest BCUT2D eigenvalue weighted by Gasteiger charge is -2.46. The topological polar surface area (TPSA) is 73.7 Å². The molecule has 0 saturated carbocycles. The van der Waals surface area contributed by atoms with Crippen molar-refractivity contribution < 1.29 is 9.59 Å². The summed E-state index contributed by atoms with van der Waals surface area (Å²) >= 11 is 5.90. The number of halogens is 1. The predicted octanol–water partition coefficient (Wildman–Crippen LogP) is 2.03. The van der Waals surface area contributed by atoms with Gasteiger partial charge in [-0.05, 0) is 37.7 Å². The number of likely N-dealkylation sites (tertiary alicyclic amines) is 1. The van der Waals surface area contributed by atoms with E-state index in [1.54, 1.807) is 40.0 Å². The summed E-state index contributed by atoms with van der Waals surface area (Å²) in [5, 5.41) is 7.73. The molecule has 2 aromatic rings. The fourth-order valence-electron chi connectivity index (χ4n) is 3.95. The summed E-state index contributed by atoms with van der Waals surface area (Å²) in [5.41, 5.74) is 1.24. The fourth-order valence-corrected chi connectivity index (χ4v) is 4.07. The van der Waals surface area contributed by atoms with Gasteiger partial charge in [-0.15, -0.1) is 0 Å². The predicted molar refractivity (Wildman–Crippen MR) is 108 cm³/mol. The first-order valence-corrected chi connectivity index (χ1v) is 9.56. The minimum absolute atomic E-state index is 0.0465. The number of urea groups is 1. The number of aryl methyl sites for hydroxylation is 1. The number of benzene rings is 1. The number of nitrogens with zero attached hydrogens (tertiary/aromatic N) is 5. The van der Waals surface area contributed by atoms with Crippen LogP contribution < -0.4 is 10.2 Å². The Morgan fingerprint density at radius 3 is 2.64 bits per heavy atom. The minimum Gasteiger partial charge on any atom is -0.323 e. The first-order chi connectivity index (χ1) is 13.4. The van der Waals surface area contributed by atoms with Gasteiger partial charge in [-0.3, -0.25) is 14.4 Å². The third-order valence-electron chi connectivity index (χ3n) is 5.65. The third kappa shape index (κ3) is 3.45. The van der Waals surface area contributed by atoms with Gasteiger partial charge in [0.1, 0.15) is 0 Å². The number of amides is 3. The largest absolute Gasteiger partial charge is 0.323 e. The molecule has 9 heteroatoms. The molecule has 1 unspecified atom stereocenters. The normalized spacial score (nSPS) is 22.9. The molecule has 1 spiro atoms. The first-order valence-electron chi connectivity index (χ1n) is 9.18. The average molecular weight is 403 g/mol. The zero-order valence-electron chi connectivity index (χ0n) is 15.9. The highest BCUT2D eigenvalue weighted by atomic mass is 35.5. The Hall–Kier alpha value is -2.58. The minimum atomic E-state index is -0.263. The van der Waals surface area contributed by atoms with Gasteiger partial charge in [-0.1, -0.05) is 11.6 Å². The number of likely N-dealkylation sites (N-methyl/N-ethyl adjacent to an activating group) is 1. The Bertz CT molecular complexity index is 898. The maximum atomic E-state index is 12.7. The molecule has 0 radical (unpaired) electrons. The van der Waals surface area contributed by atoms with E-state index in [4.69, 9.17) is 11.6 Å². The Morgan fingerprint density at radius 1 is 1.21 bits per heavy atom. The maximum absolute atomic E-state index is 12.7. The van der Waals surface area contributed by atoms with Gasteiger partial charge in [0.2, 0.25) is 5.91 Å². The number of carbonyl (C=O) groups is 2. The molecule has 3 heterocycles. The second-order valence-electron chi connectivity index (χ2n) is 7.54. The molecule has 2 fully saturated rings. The number of hydrogen-bond acceptors (Lipinski definition) is 4. The van der Waals surface area contributed by atoms with Crippen molar-refractivity contribution in [2.75, 3.05) is 43.4 Å². The van der Waals surface area contributed by atoms with Crippen molar-refractivity contribution in [2.24, 2.45) is 7.05 Å². The van der Waals surface area contributed by atoms with E-state index in [9.17, 15) is 9.59 Å². The SMILES string of the molecule is CN1CC(=O)N(c2cnn(C)c2)CC12CCN(C(=O)Nc1ccc(Cl)cc1)C2. The number of anilines is 2. The number of nitrogens with one attached hydrogen (secondary N) is 1. The molecule has 2 saturated heterocycles. The average Bonchev–Trinajstić information content (AvgIpc) is 3.28. The lowest BCUT2D eigenvalue weighted by atomic mass is 9.93. The standard InChI is InChI=1S/C19H23ClN6O2/c1-23-11-17(27)26(16-9-21-24(2)10-16)13-19(23)7-8-25(12-19)18(28)22-15-5-3-14(20)4-6-15/h3-6,9-10H,7-8,11-13H2,1-2H3,(H,22,28). The Labute approximate surface area is 168 Å². The van der Waals surface area contributed by atoms with E-state index in [1.165, 1.54) is 0 Å². The van der Waals surface area contributed by atoms with Crippen LogP contribution >= 0.6 is 11.6 Å². The smallest absolute Gasteiger partial charge is 0.321 e. The van der Waals surface area contributed by atoms with Crippen molar-refractivity contribution in [1.82, 2.24) is 19.6 Å². The Morgan fingerprint density at radius 2 is 1.96 bits per heavy atom. The van der Waals surface area contributed by atoms with Crippen molar-refractivity contribution >= 4 is 34.9 Å². The number of aromatic nitrogens is 2. The molecular weight excluding hydrogens is 380 g/mol. The van der Waals surface area contributed by atoms with Crippen molar-refractivity contribution in [2.45, 2.75) is 12.0 Å². The fraction of sp³-hybridized carbons (Fsp3) is 0.421. The lowest BCUT2D eigenvalue weighted by molar-refractivity contribution is -0.123. The van der Waals surface area contributed by atoms with E-state index in [2.05, 4.69) is 15.3 Å². The number of carbonyl (C=O) groups excluding carboxylic acids is 2. The summed E-state index contributed by atoms with van der Waals surface area (Å²) in [6, 6.07) is 6.91. The lowest BCUT2D eigenvalue weighted by Crippen LogP contribution is -2.64. The van der Waals surface area contributed by atoms with E-state index in [0.29, 0.717) is 36.9 Å². The molecule has 0 aliphatic carbocycles. The number of piperazine rings is 1. The van der Waals surface area contributed by atoms with E-state index >= 15 is 0 Å². The van der Waals surface area contributed by atoms with Gasteiger partial charge in [-0.2, -0.15) is 5.10 Å². The molecule has 1 aromatic carbocycles. The van der Waals surface area contributed by atoms with Crippen LogP contribution in [-0.4, -0.2) is 70.3 Å². The molecule has 28 heavy (non-hydrogen) atoms.